The molecule has 2 saturated heterocycles. The van der Waals surface area contributed by atoms with Crippen LogP contribution in [0.4, 0.5) is 0 Å². The van der Waals surface area contributed by atoms with E-state index in [9.17, 15) is 24.3 Å². The molecule has 4 atom stereocenters. The van der Waals surface area contributed by atoms with E-state index in [-0.39, 0.29) is 23.8 Å². The second-order valence-corrected chi connectivity index (χ2v) is 13.4. The Morgan fingerprint density at radius 3 is 2.57 bits per heavy atom. The molecule has 1 N–H and O–H groups in total. The summed E-state index contributed by atoms with van der Waals surface area (Å²) >= 11 is 5.04. The highest BCUT2D eigenvalue weighted by molar-refractivity contribution is 9.10. The minimum absolute atomic E-state index is 0.0518. The number of aliphatic carboxylic acids is 1. The van der Waals surface area contributed by atoms with Crippen molar-refractivity contribution in [3.8, 4) is 5.75 Å². The van der Waals surface area contributed by atoms with Gasteiger partial charge in [0.25, 0.3) is 5.91 Å². The molecular weight excluding hydrogens is 624 g/mol. The second-order valence-electron chi connectivity index (χ2n) is 11.7. The monoisotopic (exact) mass is 658 g/mol. The molecule has 4 heterocycles. The van der Waals surface area contributed by atoms with Crippen molar-refractivity contribution >= 4 is 51.0 Å². The number of amides is 3. The second kappa shape index (κ2) is 12.3. The smallest absolute Gasteiger partial charge is 0.307 e. The third-order valence-electron chi connectivity index (χ3n) is 9.19. The lowest BCUT2D eigenvalue weighted by Crippen LogP contribution is -2.50. The molecule has 0 radical (unpaired) electrons. The maximum Gasteiger partial charge on any atom is 0.307 e. The Hall–Kier alpha value is -2.99. The molecular formula is C30H35BrN4O6S. The number of halogens is 1. The van der Waals surface area contributed by atoms with E-state index in [2.05, 4.69) is 20.9 Å². The van der Waals surface area contributed by atoms with Gasteiger partial charge in [0.1, 0.15) is 16.7 Å². The molecule has 0 spiro atoms. The quantitative estimate of drug-likeness (QED) is 0.475. The van der Waals surface area contributed by atoms with Gasteiger partial charge < -0.3 is 24.5 Å². The topological polar surface area (TPSA) is 120 Å². The maximum absolute atomic E-state index is 14.2. The molecule has 3 aliphatic heterocycles. The minimum Gasteiger partial charge on any atom is -0.488 e. The number of carboxylic acids is 1. The van der Waals surface area contributed by atoms with Gasteiger partial charge in [0.05, 0.1) is 36.1 Å². The fraction of sp³-hybridized carbons (Fsp3) is 0.567. The van der Waals surface area contributed by atoms with Crippen LogP contribution in [0.5, 0.6) is 5.75 Å². The third-order valence-corrected chi connectivity index (χ3v) is 10.7. The van der Waals surface area contributed by atoms with Crippen LogP contribution in [-0.4, -0.2) is 87.3 Å². The highest BCUT2D eigenvalue weighted by Gasteiger charge is 2.44. The average molecular weight is 660 g/mol. The highest BCUT2D eigenvalue weighted by atomic mass is 79.9. The molecule has 1 aromatic heterocycles. The van der Waals surface area contributed by atoms with Gasteiger partial charge in [0.2, 0.25) is 11.8 Å². The first-order valence-electron chi connectivity index (χ1n) is 14.8. The van der Waals surface area contributed by atoms with Crippen LogP contribution < -0.4 is 4.74 Å². The molecule has 1 aromatic carbocycles. The Balaban J connectivity index is 1.31. The molecule has 3 amide bonds. The lowest BCUT2D eigenvalue weighted by molar-refractivity contribution is -0.154. The number of rotatable bonds is 7. The molecule has 12 heteroatoms. The Bertz CT molecular complexity index is 1370. The predicted molar refractivity (Wildman–Crippen MR) is 158 cm³/mol. The predicted octanol–water partition coefficient (Wildman–Crippen LogP) is 4.14. The average Bonchev–Trinajstić information content (AvgIpc) is 3.77. The number of carbonyl (C=O) groups is 4. The van der Waals surface area contributed by atoms with Gasteiger partial charge in [0.15, 0.2) is 0 Å². The first-order valence-corrected chi connectivity index (χ1v) is 16.5. The van der Waals surface area contributed by atoms with Gasteiger partial charge in [-0.3, -0.25) is 24.2 Å². The summed E-state index contributed by atoms with van der Waals surface area (Å²) in [6.45, 7) is 2.45. The number of aromatic nitrogens is 1. The first kappa shape index (κ1) is 29.1. The zero-order valence-electron chi connectivity index (χ0n) is 23.4. The van der Waals surface area contributed by atoms with E-state index in [1.54, 1.807) is 16.6 Å². The third kappa shape index (κ3) is 5.67. The van der Waals surface area contributed by atoms with Crippen molar-refractivity contribution in [2.24, 2.45) is 11.8 Å². The Morgan fingerprint density at radius 2 is 1.86 bits per heavy atom. The molecule has 1 unspecified atom stereocenters. The molecule has 0 bridgehead atoms. The Kier molecular flexibility index (Phi) is 8.53. The van der Waals surface area contributed by atoms with Crippen LogP contribution in [0.25, 0.3) is 0 Å². The van der Waals surface area contributed by atoms with Gasteiger partial charge in [-0.2, -0.15) is 0 Å². The maximum atomic E-state index is 14.2. The van der Waals surface area contributed by atoms with Crippen molar-refractivity contribution in [2.75, 3.05) is 32.7 Å². The number of hydrogen-bond acceptors (Lipinski definition) is 7. The number of ether oxygens (including phenoxy) is 1. The summed E-state index contributed by atoms with van der Waals surface area (Å²) < 4.78 is 7.54. The van der Waals surface area contributed by atoms with Crippen LogP contribution in [0.15, 0.2) is 28.3 Å². The van der Waals surface area contributed by atoms with Gasteiger partial charge in [-0.25, -0.2) is 0 Å². The molecule has 3 fully saturated rings. The van der Waals surface area contributed by atoms with E-state index in [0.29, 0.717) is 75.5 Å². The van der Waals surface area contributed by atoms with E-state index < -0.39 is 23.8 Å². The van der Waals surface area contributed by atoms with Gasteiger partial charge >= 0.3 is 5.97 Å². The van der Waals surface area contributed by atoms with Crippen molar-refractivity contribution in [3.05, 3.63) is 44.3 Å². The molecule has 4 aliphatic rings. The summed E-state index contributed by atoms with van der Waals surface area (Å²) in [5.41, 5.74) is 3.57. The van der Waals surface area contributed by atoms with Gasteiger partial charge in [-0.15, -0.1) is 11.3 Å². The molecule has 1 saturated carbocycles. The highest BCUT2D eigenvalue weighted by Crippen LogP contribution is 2.44. The summed E-state index contributed by atoms with van der Waals surface area (Å²) in [6, 6.07) is 3.41. The van der Waals surface area contributed by atoms with Crippen LogP contribution in [0, 0.1) is 11.8 Å². The zero-order valence-corrected chi connectivity index (χ0v) is 25.8. The SMILES string of the molecule is O=C(O)[C@@H]1CCCCC1C(=O)N1CCc2c(Br)ccc(O[C@H]3CCN(C(=O)c4cncs4)C3)c2[C@H]1CN1CCCC1=O. The fourth-order valence-electron chi connectivity index (χ4n) is 7.04. The van der Waals surface area contributed by atoms with Crippen LogP contribution in [-0.2, 0) is 20.8 Å². The van der Waals surface area contributed by atoms with Crippen LogP contribution in [0.3, 0.4) is 0 Å². The number of nitrogens with zero attached hydrogens (tertiary/aromatic N) is 4. The minimum atomic E-state index is -0.915. The molecule has 10 nitrogen and oxygen atoms in total. The van der Waals surface area contributed by atoms with E-state index in [1.165, 1.54) is 11.3 Å². The van der Waals surface area contributed by atoms with Crippen molar-refractivity contribution < 1.29 is 29.0 Å². The zero-order chi connectivity index (χ0) is 29.4. The summed E-state index contributed by atoms with van der Waals surface area (Å²) in [6.07, 6.45) is 6.61. The van der Waals surface area contributed by atoms with Crippen LogP contribution >= 0.6 is 27.3 Å². The Morgan fingerprint density at radius 1 is 1.05 bits per heavy atom. The number of carbonyl (C=O) groups excluding carboxylic acids is 3. The standard InChI is InChI=1S/C30H35BrN4O6S/c31-22-7-8-24(41-18-9-12-34(15-18)29(38)25-14-32-17-42-25)27-21(22)10-13-35(23(27)16-33-11-3-6-26(33)36)28(37)19-4-1-2-5-20(19)30(39)40/h7-8,14,17-20,23H,1-6,9-13,15-16H2,(H,39,40)/t18-,19?,20+,23+/m0/s1. The molecule has 6 rings (SSSR count). The van der Waals surface area contributed by atoms with Crippen molar-refractivity contribution in [1.29, 1.82) is 0 Å². The number of benzene rings is 1. The largest absolute Gasteiger partial charge is 0.488 e. The number of hydrogen-bond donors (Lipinski definition) is 1. The Labute approximate surface area is 257 Å². The summed E-state index contributed by atoms with van der Waals surface area (Å²) in [5.74, 6) is -1.66. The summed E-state index contributed by atoms with van der Waals surface area (Å²) in [7, 11) is 0. The first-order chi connectivity index (χ1) is 20.3. The van der Waals surface area contributed by atoms with Gasteiger partial charge in [-0.05, 0) is 43.4 Å². The molecule has 1 aliphatic carbocycles. The van der Waals surface area contributed by atoms with Gasteiger partial charge in [0, 0.05) is 49.1 Å². The van der Waals surface area contributed by atoms with Crippen molar-refractivity contribution in [2.45, 2.75) is 63.5 Å². The van der Waals surface area contributed by atoms with E-state index >= 15 is 0 Å². The lowest BCUT2D eigenvalue weighted by atomic mass is 9.77. The van der Waals surface area contributed by atoms with E-state index in [1.807, 2.05) is 21.9 Å². The van der Waals surface area contributed by atoms with Crippen molar-refractivity contribution in [1.82, 2.24) is 19.7 Å². The summed E-state index contributed by atoms with van der Waals surface area (Å²) in [4.78, 5) is 62.0. The number of thiazole rings is 1. The molecule has 42 heavy (non-hydrogen) atoms. The van der Waals surface area contributed by atoms with Crippen LogP contribution in [0.2, 0.25) is 0 Å². The lowest BCUT2D eigenvalue weighted by Gasteiger charge is -2.43. The number of likely N-dealkylation sites (tertiary alicyclic amines) is 2. The number of fused-ring (bicyclic) bond motifs is 1. The van der Waals surface area contributed by atoms with E-state index in [0.717, 1.165) is 34.9 Å². The van der Waals surface area contributed by atoms with Crippen LogP contribution in [0.1, 0.15) is 71.8 Å². The van der Waals surface area contributed by atoms with Crippen molar-refractivity contribution in [3.63, 3.8) is 0 Å². The van der Waals surface area contributed by atoms with Gasteiger partial charge in [-0.1, -0.05) is 28.8 Å². The summed E-state index contributed by atoms with van der Waals surface area (Å²) in [5, 5.41) is 9.92. The normalized spacial score (nSPS) is 25.9. The molecule has 2 aromatic rings. The molecule has 224 valence electrons. The van der Waals surface area contributed by atoms with E-state index in [4.69, 9.17) is 4.74 Å². The fourth-order valence-corrected chi connectivity index (χ4v) is 8.17. The number of carboxylic acid groups (broad SMARTS) is 1.